The zero-order valence-electron chi connectivity index (χ0n) is 8.32. The predicted molar refractivity (Wildman–Crippen MR) is 67.2 cm³/mol. The van der Waals surface area contributed by atoms with Crippen LogP contribution in [0.1, 0.15) is 0 Å². The molecule has 0 N–H and O–H groups in total. The zero-order chi connectivity index (χ0) is 11.5. The van der Waals surface area contributed by atoms with Crippen molar-refractivity contribution in [2.24, 2.45) is 0 Å². The summed E-state index contributed by atoms with van der Waals surface area (Å²) in [6.45, 7) is 0. The first-order valence-electron chi connectivity index (χ1n) is 4.40. The molecule has 0 amide bonds. The predicted octanol–water partition coefficient (Wildman–Crippen LogP) is 3.07. The standard InChI is InChI=1S/C10H7Br2N3O/c1-16-7-4-2-3-6(5-7)8-13-9(11)15-10(12)14-8/h2-5H,1H3. The molecule has 4 nitrogen and oxygen atoms in total. The van der Waals surface area contributed by atoms with E-state index in [1.807, 2.05) is 24.3 Å². The quantitative estimate of drug-likeness (QED) is 0.840. The van der Waals surface area contributed by atoms with Gasteiger partial charge in [-0.1, -0.05) is 12.1 Å². The molecule has 0 atom stereocenters. The fourth-order valence-corrected chi connectivity index (χ4v) is 2.13. The van der Waals surface area contributed by atoms with Crippen molar-refractivity contribution in [2.45, 2.75) is 0 Å². The SMILES string of the molecule is COc1cccc(-c2nc(Br)nc(Br)n2)c1. The Hall–Kier alpha value is -1.01. The van der Waals surface area contributed by atoms with Gasteiger partial charge in [-0.25, -0.2) is 9.97 Å². The molecule has 0 aliphatic rings. The molecule has 1 aromatic heterocycles. The van der Waals surface area contributed by atoms with Gasteiger partial charge in [0, 0.05) is 5.56 Å². The van der Waals surface area contributed by atoms with Gasteiger partial charge in [0.05, 0.1) is 7.11 Å². The molecule has 6 heteroatoms. The molecule has 82 valence electrons. The molecule has 2 rings (SSSR count). The van der Waals surface area contributed by atoms with Crippen LogP contribution < -0.4 is 4.74 Å². The molecule has 0 aliphatic heterocycles. The smallest absolute Gasteiger partial charge is 0.201 e. The Morgan fingerprint density at radius 2 is 1.75 bits per heavy atom. The van der Waals surface area contributed by atoms with Crippen LogP contribution >= 0.6 is 31.9 Å². The topological polar surface area (TPSA) is 47.9 Å². The van der Waals surface area contributed by atoms with E-state index in [0.29, 0.717) is 15.3 Å². The second kappa shape index (κ2) is 4.88. The molecule has 1 heterocycles. The normalized spacial score (nSPS) is 10.2. The molecule has 0 aliphatic carbocycles. The molecule has 0 fully saturated rings. The highest BCUT2D eigenvalue weighted by Crippen LogP contribution is 2.22. The van der Waals surface area contributed by atoms with Crippen molar-refractivity contribution in [3.05, 3.63) is 33.7 Å². The molecule has 0 bridgehead atoms. The van der Waals surface area contributed by atoms with Crippen molar-refractivity contribution in [2.75, 3.05) is 7.11 Å². The summed E-state index contributed by atoms with van der Waals surface area (Å²) in [4.78, 5) is 12.4. The van der Waals surface area contributed by atoms with Gasteiger partial charge >= 0.3 is 0 Å². The summed E-state index contributed by atoms with van der Waals surface area (Å²) in [5.41, 5.74) is 0.878. The summed E-state index contributed by atoms with van der Waals surface area (Å²) in [5.74, 6) is 1.36. The molecular weight excluding hydrogens is 338 g/mol. The van der Waals surface area contributed by atoms with Gasteiger partial charge in [-0.05, 0) is 44.0 Å². The van der Waals surface area contributed by atoms with E-state index in [0.717, 1.165) is 11.3 Å². The van der Waals surface area contributed by atoms with E-state index in [4.69, 9.17) is 4.74 Å². The van der Waals surface area contributed by atoms with Crippen molar-refractivity contribution in [1.82, 2.24) is 15.0 Å². The Kier molecular flexibility index (Phi) is 3.50. The number of ether oxygens (including phenoxy) is 1. The Morgan fingerprint density at radius 1 is 1.06 bits per heavy atom. The van der Waals surface area contributed by atoms with E-state index < -0.39 is 0 Å². The highest BCUT2D eigenvalue weighted by molar-refractivity contribution is 9.11. The molecular formula is C10H7Br2N3O. The Labute approximate surface area is 109 Å². The third-order valence-electron chi connectivity index (χ3n) is 1.91. The van der Waals surface area contributed by atoms with Gasteiger partial charge < -0.3 is 4.74 Å². The van der Waals surface area contributed by atoms with E-state index in [-0.39, 0.29) is 0 Å². The van der Waals surface area contributed by atoms with Gasteiger partial charge in [0.25, 0.3) is 0 Å². The van der Waals surface area contributed by atoms with Crippen LogP contribution in [-0.2, 0) is 0 Å². The average Bonchev–Trinajstić information content (AvgIpc) is 2.28. The van der Waals surface area contributed by atoms with Crippen LogP contribution in [0.25, 0.3) is 11.4 Å². The van der Waals surface area contributed by atoms with E-state index in [2.05, 4.69) is 46.8 Å². The second-order valence-corrected chi connectivity index (χ2v) is 4.35. The fourth-order valence-electron chi connectivity index (χ4n) is 1.22. The summed E-state index contributed by atoms with van der Waals surface area (Å²) in [5, 5.41) is 0. The minimum absolute atomic E-state index is 0.493. The van der Waals surface area contributed by atoms with Crippen LogP contribution in [0.2, 0.25) is 0 Å². The lowest BCUT2D eigenvalue weighted by atomic mass is 10.2. The lowest BCUT2D eigenvalue weighted by Crippen LogP contribution is -1.94. The maximum absolute atomic E-state index is 5.14. The zero-order valence-corrected chi connectivity index (χ0v) is 11.5. The minimum atomic E-state index is 0.493. The van der Waals surface area contributed by atoms with Gasteiger partial charge in [0.1, 0.15) is 5.75 Å². The van der Waals surface area contributed by atoms with Crippen LogP contribution in [-0.4, -0.2) is 22.1 Å². The summed E-state index contributed by atoms with van der Waals surface area (Å²) in [6.07, 6.45) is 0. The molecule has 0 radical (unpaired) electrons. The largest absolute Gasteiger partial charge is 0.497 e. The third kappa shape index (κ3) is 2.56. The highest BCUT2D eigenvalue weighted by Gasteiger charge is 2.06. The van der Waals surface area contributed by atoms with Crippen molar-refractivity contribution in [3.63, 3.8) is 0 Å². The summed E-state index contributed by atoms with van der Waals surface area (Å²) in [6, 6.07) is 7.54. The number of rotatable bonds is 2. The van der Waals surface area contributed by atoms with E-state index in [9.17, 15) is 0 Å². The maximum atomic E-state index is 5.14. The molecule has 0 saturated carbocycles. The molecule has 0 spiro atoms. The van der Waals surface area contributed by atoms with Crippen LogP contribution in [0.3, 0.4) is 0 Å². The number of hydrogen-bond donors (Lipinski definition) is 0. The minimum Gasteiger partial charge on any atom is -0.497 e. The summed E-state index contributed by atoms with van der Waals surface area (Å²) in [7, 11) is 1.62. The summed E-state index contributed by atoms with van der Waals surface area (Å²) < 4.78 is 6.13. The Balaban J connectivity index is 2.49. The van der Waals surface area contributed by atoms with Crippen LogP contribution in [0.5, 0.6) is 5.75 Å². The first kappa shape index (κ1) is 11.5. The first-order chi connectivity index (χ1) is 7.69. The second-order valence-electron chi connectivity index (χ2n) is 2.93. The number of nitrogens with zero attached hydrogens (tertiary/aromatic N) is 3. The monoisotopic (exact) mass is 343 g/mol. The Bertz CT molecular complexity index is 499. The molecule has 0 saturated heterocycles. The van der Waals surface area contributed by atoms with E-state index in [1.165, 1.54) is 0 Å². The molecule has 1 aromatic carbocycles. The number of hydrogen-bond acceptors (Lipinski definition) is 4. The van der Waals surface area contributed by atoms with Crippen molar-refractivity contribution < 1.29 is 4.74 Å². The highest BCUT2D eigenvalue weighted by atomic mass is 79.9. The molecule has 16 heavy (non-hydrogen) atoms. The lowest BCUT2D eigenvalue weighted by Gasteiger charge is -2.03. The van der Waals surface area contributed by atoms with Crippen LogP contribution in [0, 0.1) is 0 Å². The Morgan fingerprint density at radius 3 is 2.38 bits per heavy atom. The number of benzene rings is 1. The van der Waals surface area contributed by atoms with Gasteiger partial charge in [-0.15, -0.1) is 0 Å². The maximum Gasteiger partial charge on any atom is 0.201 e. The third-order valence-corrected chi connectivity index (χ3v) is 2.62. The van der Waals surface area contributed by atoms with Crippen molar-refractivity contribution in [3.8, 4) is 17.1 Å². The molecule has 0 unspecified atom stereocenters. The van der Waals surface area contributed by atoms with Gasteiger partial charge in [0.2, 0.25) is 9.47 Å². The van der Waals surface area contributed by atoms with E-state index >= 15 is 0 Å². The van der Waals surface area contributed by atoms with Gasteiger partial charge in [-0.3, -0.25) is 0 Å². The average molecular weight is 345 g/mol. The fraction of sp³-hybridized carbons (Fsp3) is 0.100. The summed E-state index contributed by atoms with van der Waals surface area (Å²) >= 11 is 6.44. The number of methoxy groups -OCH3 is 1. The van der Waals surface area contributed by atoms with Crippen LogP contribution in [0.4, 0.5) is 0 Å². The van der Waals surface area contributed by atoms with Crippen molar-refractivity contribution in [1.29, 1.82) is 0 Å². The lowest BCUT2D eigenvalue weighted by molar-refractivity contribution is 0.415. The van der Waals surface area contributed by atoms with Crippen LogP contribution in [0.15, 0.2) is 33.7 Å². The van der Waals surface area contributed by atoms with Gasteiger partial charge in [-0.2, -0.15) is 4.98 Å². The van der Waals surface area contributed by atoms with E-state index in [1.54, 1.807) is 7.11 Å². The van der Waals surface area contributed by atoms with Crippen molar-refractivity contribution >= 4 is 31.9 Å². The first-order valence-corrected chi connectivity index (χ1v) is 5.99. The molecule has 2 aromatic rings. The van der Waals surface area contributed by atoms with Gasteiger partial charge in [0.15, 0.2) is 5.82 Å². The number of aromatic nitrogens is 3. The number of halogens is 2.